The van der Waals surface area contributed by atoms with Crippen molar-refractivity contribution in [3.8, 4) is 5.75 Å². The number of nitrogens with one attached hydrogen (secondary N) is 1. The number of rotatable bonds is 3. The van der Waals surface area contributed by atoms with Crippen LogP contribution in [0.2, 0.25) is 0 Å². The van der Waals surface area contributed by atoms with E-state index in [1.165, 1.54) is 0 Å². The molecule has 2 aliphatic heterocycles. The van der Waals surface area contributed by atoms with Crippen molar-refractivity contribution in [1.29, 1.82) is 0 Å². The number of epoxide rings is 1. The summed E-state index contributed by atoms with van der Waals surface area (Å²) in [6, 6.07) is 5.81. The van der Waals surface area contributed by atoms with Gasteiger partial charge in [0.2, 0.25) is 5.91 Å². The lowest BCUT2D eigenvalue weighted by Crippen LogP contribution is -2.19. The molecule has 1 saturated carbocycles. The Morgan fingerprint density at radius 2 is 2.29 bits per heavy atom. The van der Waals surface area contributed by atoms with Gasteiger partial charge in [0, 0.05) is 11.3 Å². The van der Waals surface area contributed by atoms with Gasteiger partial charge in [-0.2, -0.15) is 0 Å². The lowest BCUT2D eigenvalue weighted by molar-refractivity contribution is -0.117. The summed E-state index contributed by atoms with van der Waals surface area (Å²) in [4.78, 5) is 11.9. The Morgan fingerprint density at radius 1 is 1.47 bits per heavy atom. The van der Waals surface area contributed by atoms with E-state index in [4.69, 9.17) is 9.47 Å². The van der Waals surface area contributed by atoms with Crippen molar-refractivity contribution in [3.63, 3.8) is 0 Å². The molecular formula is C13H13NO3. The maximum Gasteiger partial charge on any atom is 0.235 e. The first-order valence-electron chi connectivity index (χ1n) is 5.99. The van der Waals surface area contributed by atoms with E-state index in [0.717, 1.165) is 36.4 Å². The summed E-state index contributed by atoms with van der Waals surface area (Å²) in [7, 11) is 0. The number of carbonyl (C=O) groups excluding carboxylic acids is 1. The predicted octanol–water partition coefficient (Wildman–Crippen LogP) is 1.45. The second-order valence-corrected chi connectivity index (χ2v) is 4.98. The Morgan fingerprint density at radius 3 is 3.00 bits per heavy atom. The van der Waals surface area contributed by atoms with Crippen LogP contribution in [0.5, 0.6) is 5.75 Å². The van der Waals surface area contributed by atoms with Gasteiger partial charge < -0.3 is 14.8 Å². The maximum atomic E-state index is 11.9. The Balaban J connectivity index is 1.71. The van der Waals surface area contributed by atoms with Gasteiger partial charge in [-0.3, -0.25) is 4.79 Å². The summed E-state index contributed by atoms with van der Waals surface area (Å²) in [6.45, 7) is 1.37. The van der Waals surface area contributed by atoms with Crippen LogP contribution in [-0.2, 0) is 14.9 Å². The summed E-state index contributed by atoms with van der Waals surface area (Å²) in [5, 5.41) is 2.94. The number of ether oxygens (including phenoxy) is 2. The van der Waals surface area contributed by atoms with Crippen LogP contribution in [0.4, 0.5) is 5.69 Å². The van der Waals surface area contributed by atoms with Crippen molar-refractivity contribution in [3.05, 3.63) is 23.8 Å². The summed E-state index contributed by atoms with van der Waals surface area (Å²) < 4.78 is 10.9. The molecule has 1 aliphatic carbocycles. The molecule has 1 aromatic rings. The van der Waals surface area contributed by atoms with Crippen LogP contribution in [0.3, 0.4) is 0 Å². The third-order valence-electron chi connectivity index (χ3n) is 3.76. The molecule has 0 bridgehead atoms. The van der Waals surface area contributed by atoms with Gasteiger partial charge in [0.15, 0.2) is 0 Å². The smallest absolute Gasteiger partial charge is 0.235 e. The highest BCUT2D eigenvalue weighted by molar-refractivity contribution is 6.09. The molecule has 0 aromatic heterocycles. The Bertz CT molecular complexity index is 503. The fourth-order valence-electron chi connectivity index (χ4n) is 2.55. The number of benzene rings is 1. The minimum atomic E-state index is -0.281. The monoisotopic (exact) mass is 231 g/mol. The molecule has 17 heavy (non-hydrogen) atoms. The molecule has 1 amide bonds. The second kappa shape index (κ2) is 3.01. The van der Waals surface area contributed by atoms with Crippen LogP contribution in [0.1, 0.15) is 18.4 Å². The average molecular weight is 231 g/mol. The highest BCUT2D eigenvalue weighted by atomic mass is 16.6. The summed E-state index contributed by atoms with van der Waals surface area (Å²) >= 11 is 0. The van der Waals surface area contributed by atoms with Crippen molar-refractivity contribution >= 4 is 11.6 Å². The molecule has 2 heterocycles. The number of hydrogen-bond acceptors (Lipinski definition) is 3. The van der Waals surface area contributed by atoms with Crippen LogP contribution < -0.4 is 10.1 Å². The normalized spacial score (nSPS) is 26.6. The summed E-state index contributed by atoms with van der Waals surface area (Å²) in [6.07, 6.45) is 2.12. The fraction of sp³-hybridized carbons (Fsp3) is 0.462. The van der Waals surface area contributed by atoms with Gasteiger partial charge in [-0.1, -0.05) is 6.07 Å². The lowest BCUT2D eigenvalue weighted by atomic mass is 9.97. The van der Waals surface area contributed by atoms with Crippen molar-refractivity contribution < 1.29 is 14.3 Å². The Kier molecular flexibility index (Phi) is 1.68. The molecule has 1 N–H and O–H groups in total. The molecule has 3 aliphatic rings. The largest absolute Gasteiger partial charge is 0.490 e. The molecular weight excluding hydrogens is 218 g/mol. The van der Waals surface area contributed by atoms with E-state index in [1.54, 1.807) is 0 Å². The predicted molar refractivity (Wildman–Crippen MR) is 61.2 cm³/mol. The van der Waals surface area contributed by atoms with Crippen LogP contribution in [0, 0.1) is 0 Å². The zero-order chi connectivity index (χ0) is 11.5. The van der Waals surface area contributed by atoms with Gasteiger partial charge in [-0.15, -0.1) is 0 Å². The van der Waals surface area contributed by atoms with Crippen LogP contribution in [-0.4, -0.2) is 25.2 Å². The molecule has 2 fully saturated rings. The molecule has 0 unspecified atom stereocenters. The Hall–Kier alpha value is -1.55. The third-order valence-corrected chi connectivity index (χ3v) is 3.76. The highest BCUT2D eigenvalue weighted by Gasteiger charge is 2.57. The minimum Gasteiger partial charge on any atom is -0.490 e. The van der Waals surface area contributed by atoms with Crippen LogP contribution >= 0.6 is 0 Å². The van der Waals surface area contributed by atoms with E-state index in [1.807, 2.05) is 18.2 Å². The molecule has 4 heteroatoms. The van der Waals surface area contributed by atoms with E-state index in [0.29, 0.717) is 6.61 Å². The van der Waals surface area contributed by atoms with E-state index in [-0.39, 0.29) is 17.4 Å². The molecule has 1 aromatic carbocycles. The molecule has 1 spiro atoms. The first-order valence-corrected chi connectivity index (χ1v) is 5.99. The number of hydrogen-bond donors (Lipinski definition) is 1. The molecule has 0 radical (unpaired) electrons. The standard InChI is InChI=1S/C13H13NO3/c15-12-13(4-5-13)11-9(14-12)2-1-3-10(11)17-7-8-6-16-8/h1-3,8H,4-7H2,(H,14,15)/t8-/m0/s1. The number of anilines is 1. The van der Waals surface area contributed by atoms with Gasteiger partial charge in [-0.05, 0) is 25.0 Å². The second-order valence-electron chi connectivity index (χ2n) is 4.98. The quantitative estimate of drug-likeness (QED) is 0.801. The van der Waals surface area contributed by atoms with Crippen molar-refractivity contribution in [2.45, 2.75) is 24.4 Å². The summed E-state index contributed by atoms with van der Waals surface area (Å²) in [5.74, 6) is 0.972. The van der Waals surface area contributed by atoms with Crippen molar-refractivity contribution in [1.82, 2.24) is 0 Å². The van der Waals surface area contributed by atoms with Crippen molar-refractivity contribution in [2.75, 3.05) is 18.5 Å². The van der Waals surface area contributed by atoms with Crippen LogP contribution in [0.15, 0.2) is 18.2 Å². The van der Waals surface area contributed by atoms with Gasteiger partial charge in [0.05, 0.1) is 12.0 Å². The molecule has 4 rings (SSSR count). The van der Waals surface area contributed by atoms with E-state index in [2.05, 4.69) is 5.32 Å². The van der Waals surface area contributed by atoms with Crippen LogP contribution in [0.25, 0.3) is 0 Å². The lowest BCUT2D eigenvalue weighted by Gasteiger charge is -2.12. The number of fused-ring (bicyclic) bond motifs is 2. The molecule has 1 atom stereocenters. The fourth-order valence-corrected chi connectivity index (χ4v) is 2.55. The average Bonchev–Trinajstić information content (AvgIpc) is 3.20. The van der Waals surface area contributed by atoms with Gasteiger partial charge in [0.1, 0.15) is 18.5 Å². The third kappa shape index (κ3) is 1.30. The zero-order valence-electron chi connectivity index (χ0n) is 9.36. The maximum absolute atomic E-state index is 11.9. The summed E-state index contributed by atoms with van der Waals surface area (Å²) in [5.41, 5.74) is 1.70. The molecule has 4 nitrogen and oxygen atoms in total. The van der Waals surface area contributed by atoms with E-state index < -0.39 is 0 Å². The first-order chi connectivity index (χ1) is 8.29. The van der Waals surface area contributed by atoms with Gasteiger partial charge >= 0.3 is 0 Å². The number of carbonyl (C=O) groups is 1. The SMILES string of the molecule is O=C1Nc2cccc(OC[C@@H]3CO3)c2C12CC2. The first kappa shape index (κ1) is 9.48. The topological polar surface area (TPSA) is 50.9 Å². The Labute approximate surface area is 98.9 Å². The van der Waals surface area contributed by atoms with Crippen molar-refractivity contribution in [2.24, 2.45) is 0 Å². The zero-order valence-corrected chi connectivity index (χ0v) is 9.36. The van der Waals surface area contributed by atoms with E-state index >= 15 is 0 Å². The number of amides is 1. The molecule has 1 saturated heterocycles. The van der Waals surface area contributed by atoms with Gasteiger partial charge in [-0.25, -0.2) is 0 Å². The molecule has 88 valence electrons. The van der Waals surface area contributed by atoms with E-state index in [9.17, 15) is 4.79 Å². The minimum absolute atomic E-state index is 0.131. The highest BCUT2D eigenvalue weighted by Crippen LogP contribution is 2.58. The van der Waals surface area contributed by atoms with Gasteiger partial charge in [0.25, 0.3) is 0 Å².